The lowest BCUT2D eigenvalue weighted by atomic mass is 10.00. The molecule has 0 saturated carbocycles. The van der Waals surface area contributed by atoms with E-state index >= 15 is 0 Å². The summed E-state index contributed by atoms with van der Waals surface area (Å²) in [5.41, 5.74) is 0.499. The minimum atomic E-state index is -4.49. The number of halogens is 5. The highest BCUT2D eigenvalue weighted by molar-refractivity contribution is 7.94. The lowest BCUT2D eigenvalue weighted by Crippen LogP contribution is -2.55. The third kappa shape index (κ3) is 15.9. The number of aliphatic hydroxyl groups is 1. The molecule has 15 heteroatoms. The van der Waals surface area contributed by atoms with Crippen LogP contribution in [0.5, 0.6) is 0 Å². The van der Waals surface area contributed by atoms with E-state index in [4.69, 9.17) is 14.0 Å². The largest absolute Gasteiger partial charge is 0.445 e. The second kappa shape index (κ2) is 22.3. The number of benzene rings is 3. The third-order valence-electron chi connectivity index (χ3n) is 7.87. The van der Waals surface area contributed by atoms with Crippen molar-refractivity contribution in [1.82, 2.24) is 16.0 Å². The van der Waals surface area contributed by atoms with E-state index in [1.807, 2.05) is 19.9 Å². The van der Waals surface area contributed by atoms with Crippen molar-refractivity contribution in [3.63, 3.8) is 0 Å². The zero-order valence-electron chi connectivity index (χ0n) is 29.1. The molecule has 0 aliphatic rings. The first-order valence-corrected chi connectivity index (χ1v) is 18.0. The summed E-state index contributed by atoms with van der Waals surface area (Å²) in [4.78, 5) is 32.0. The number of alkyl carbamates (subject to hydrolysis) is 1. The number of carbonyl (C=O) groups is 2. The number of nitrogens with one attached hydrogen (secondary N) is 3. The molecular weight excluding hydrogens is 709 g/mol. The van der Waals surface area contributed by atoms with E-state index in [1.54, 1.807) is 30.3 Å². The molecule has 0 aliphatic heterocycles. The second-order valence-corrected chi connectivity index (χ2v) is 12.9. The first kappa shape index (κ1) is 42.7. The zero-order valence-corrected chi connectivity index (χ0v) is 29.9. The zero-order chi connectivity index (χ0) is 37.9. The molecule has 0 bridgehead atoms. The van der Waals surface area contributed by atoms with Crippen molar-refractivity contribution < 1.29 is 50.6 Å². The van der Waals surface area contributed by atoms with Crippen LogP contribution in [-0.2, 0) is 44.4 Å². The molecule has 2 amide bonds. The van der Waals surface area contributed by atoms with Gasteiger partial charge in [-0.05, 0) is 67.1 Å². The van der Waals surface area contributed by atoms with Crippen molar-refractivity contribution in [3.05, 3.63) is 107 Å². The maximum absolute atomic E-state index is 14.1. The highest BCUT2D eigenvalue weighted by Crippen LogP contribution is 2.29. The van der Waals surface area contributed by atoms with Crippen LogP contribution in [0.15, 0.2) is 72.8 Å². The molecule has 0 radical (unpaired) electrons. The molecule has 52 heavy (non-hydrogen) atoms. The van der Waals surface area contributed by atoms with Gasteiger partial charge >= 0.3 is 12.3 Å². The summed E-state index contributed by atoms with van der Waals surface area (Å²) >= 11 is 0.789. The molecule has 286 valence electrons. The van der Waals surface area contributed by atoms with Crippen LogP contribution in [-0.4, -0.2) is 60.2 Å². The summed E-state index contributed by atoms with van der Waals surface area (Å²) in [6.45, 7) is 4.00. The predicted octanol–water partition coefficient (Wildman–Crippen LogP) is 7.06. The molecular formula is C37H46F5N3O6S. The Labute approximate surface area is 305 Å². The van der Waals surface area contributed by atoms with Gasteiger partial charge in [-0.3, -0.25) is 4.79 Å². The second-order valence-electron chi connectivity index (χ2n) is 12.2. The number of rotatable bonds is 22. The van der Waals surface area contributed by atoms with Gasteiger partial charge in [0, 0.05) is 24.7 Å². The first-order valence-electron chi connectivity index (χ1n) is 17.1. The molecule has 3 rings (SSSR count). The number of carbonyl (C=O) groups excluding carboxylic acids is 2. The Morgan fingerprint density at radius 1 is 0.865 bits per heavy atom. The molecule has 0 fully saturated rings. The SMILES string of the molecule is CCCC(CCC)OOSCC(NC(=O)OCc1ccccc1)C(=O)N[C@@H](Cc1cc(F)cc(F)c1)[C@H](O)CNCCc1cccc(C(F)(F)F)c1. The van der Waals surface area contributed by atoms with Gasteiger partial charge in [-0.2, -0.15) is 17.5 Å². The van der Waals surface area contributed by atoms with Crippen LogP contribution in [0.2, 0.25) is 0 Å². The van der Waals surface area contributed by atoms with Gasteiger partial charge in [-0.15, -0.1) is 0 Å². The Balaban J connectivity index is 1.71. The quantitative estimate of drug-likeness (QED) is 0.0283. The van der Waals surface area contributed by atoms with Gasteiger partial charge in [0.25, 0.3) is 0 Å². The smallest absolute Gasteiger partial charge is 0.416 e. The van der Waals surface area contributed by atoms with Crippen LogP contribution in [0.25, 0.3) is 0 Å². The van der Waals surface area contributed by atoms with E-state index in [0.29, 0.717) is 17.2 Å². The molecule has 0 saturated heterocycles. The topological polar surface area (TPSA) is 118 Å². The Hall–Kier alpha value is -3.76. The summed E-state index contributed by atoms with van der Waals surface area (Å²) in [7, 11) is 0. The van der Waals surface area contributed by atoms with Crippen molar-refractivity contribution in [2.75, 3.05) is 18.8 Å². The van der Waals surface area contributed by atoms with E-state index in [9.17, 15) is 36.6 Å². The highest BCUT2D eigenvalue weighted by atomic mass is 32.2. The average molecular weight is 756 g/mol. The predicted molar refractivity (Wildman–Crippen MR) is 188 cm³/mol. The Kier molecular flexibility index (Phi) is 18.3. The van der Waals surface area contributed by atoms with Crippen LogP contribution in [0.4, 0.5) is 26.7 Å². The Bertz CT molecular complexity index is 1490. The number of ether oxygens (including phenoxy) is 1. The number of hydrogen-bond donors (Lipinski definition) is 4. The van der Waals surface area contributed by atoms with Crippen molar-refractivity contribution in [3.8, 4) is 0 Å². The first-order chi connectivity index (χ1) is 24.9. The maximum Gasteiger partial charge on any atom is 0.416 e. The number of hydrogen-bond acceptors (Lipinski definition) is 8. The summed E-state index contributed by atoms with van der Waals surface area (Å²) < 4.78 is 78.2. The van der Waals surface area contributed by atoms with Gasteiger partial charge in [0.1, 0.15) is 24.3 Å². The fourth-order valence-corrected chi connectivity index (χ4v) is 5.82. The summed E-state index contributed by atoms with van der Waals surface area (Å²) in [6.07, 6.45) is -3.62. The van der Waals surface area contributed by atoms with Crippen molar-refractivity contribution >= 4 is 24.0 Å². The summed E-state index contributed by atoms with van der Waals surface area (Å²) in [5, 5.41) is 19.3. The summed E-state index contributed by atoms with van der Waals surface area (Å²) in [5.74, 6) is -2.60. The third-order valence-corrected chi connectivity index (χ3v) is 8.51. The molecule has 3 aromatic rings. The summed E-state index contributed by atoms with van der Waals surface area (Å²) in [6, 6.07) is 14.2. The number of aliphatic hydroxyl groups excluding tert-OH is 1. The molecule has 0 heterocycles. The van der Waals surface area contributed by atoms with Gasteiger partial charge in [-0.1, -0.05) is 75.2 Å². The van der Waals surface area contributed by atoms with Gasteiger partial charge < -0.3 is 25.8 Å². The fraction of sp³-hybridized carbons (Fsp3) is 0.459. The van der Waals surface area contributed by atoms with E-state index in [0.717, 1.165) is 62.0 Å². The van der Waals surface area contributed by atoms with E-state index in [2.05, 4.69) is 16.0 Å². The van der Waals surface area contributed by atoms with Crippen LogP contribution in [0, 0.1) is 11.6 Å². The van der Waals surface area contributed by atoms with E-state index in [1.165, 1.54) is 6.07 Å². The van der Waals surface area contributed by atoms with Crippen molar-refractivity contribution in [2.45, 2.75) is 89.4 Å². The Morgan fingerprint density at radius 3 is 2.19 bits per heavy atom. The average Bonchev–Trinajstić information content (AvgIpc) is 3.10. The van der Waals surface area contributed by atoms with Gasteiger partial charge in [0.05, 0.1) is 29.6 Å². The number of amides is 2. The van der Waals surface area contributed by atoms with E-state index < -0.39 is 53.6 Å². The monoisotopic (exact) mass is 755 g/mol. The van der Waals surface area contributed by atoms with E-state index in [-0.39, 0.29) is 50.0 Å². The van der Waals surface area contributed by atoms with Crippen molar-refractivity contribution in [2.24, 2.45) is 0 Å². The molecule has 0 spiro atoms. The molecule has 3 atom stereocenters. The van der Waals surface area contributed by atoms with Gasteiger partial charge in [0.15, 0.2) is 0 Å². The lowest BCUT2D eigenvalue weighted by molar-refractivity contribution is -0.234. The van der Waals surface area contributed by atoms with Crippen LogP contribution >= 0.6 is 12.0 Å². The van der Waals surface area contributed by atoms with Gasteiger partial charge in [0.2, 0.25) is 5.91 Å². The van der Waals surface area contributed by atoms with Crippen LogP contribution in [0.3, 0.4) is 0 Å². The van der Waals surface area contributed by atoms with Crippen LogP contribution in [0.1, 0.15) is 61.8 Å². The normalized spacial score (nSPS) is 13.4. The fourth-order valence-electron chi connectivity index (χ4n) is 5.23. The number of alkyl halides is 3. The maximum atomic E-state index is 14.1. The van der Waals surface area contributed by atoms with Crippen LogP contribution < -0.4 is 16.0 Å². The molecule has 4 N–H and O–H groups in total. The standard InChI is InChI=1S/C37H46F5N3O6S/c1-3-9-31(10-4-2)50-51-52-24-33(45-36(48)49-23-26-11-6-5-7-12-26)35(47)44-32(20-27-18-29(38)21-30(39)19-27)34(46)22-43-16-15-25-13-8-14-28(17-25)37(40,41)42/h5-8,11-14,17-19,21,31-34,43,46H,3-4,9-10,15-16,20,22-24H2,1-2H3,(H,44,47)(H,45,48)/t32-,33?,34+/m0/s1. The molecule has 0 aromatic heterocycles. The van der Waals surface area contributed by atoms with Gasteiger partial charge in [-0.25, -0.2) is 18.5 Å². The Morgan fingerprint density at radius 2 is 1.54 bits per heavy atom. The molecule has 3 aromatic carbocycles. The molecule has 1 unspecified atom stereocenters. The lowest BCUT2D eigenvalue weighted by Gasteiger charge is -2.27. The minimum Gasteiger partial charge on any atom is -0.445 e. The van der Waals surface area contributed by atoms with Crippen molar-refractivity contribution in [1.29, 1.82) is 0 Å². The minimum absolute atomic E-state index is 0.0673. The molecule has 9 nitrogen and oxygen atoms in total. The highest BCUT2D eigenvalue weighted by Gasteiger charge is 2.31. The molecule has 0 aliphatic carbocycles.